The molecular formula is C25H13BN2O. The van der Waals surface area contributed by atoms with Crippen molar-refractivity contribution >= 4 is 50.6 Å². The molecule has 132 valence electrons. The lowest BCUT2D eigenvalue weighted by atomic mass is 9.34. The molecule has 3 nitrogen and oxygen atoms in total. The second-order valence-electron chi connectivity index (χ2n) is 7.65. The predicted octanol–water partition coefficient (Wildman–Crippen LogP) is 4.27. The summed E-state index contributed by atoms with van der Waals surface area (Å²) in [6, 6.07) is 27.2. The van der Waals surface area contributed by atoms with Crippen LogP contribution in [0, 0.1) is 6.57 Å². The van der Waals surface area contributed by atoms with Gasteiger partial charge in [0.25, 0.3) is 6.71 Å². The summed E-state index contributed by atoms with van der Waals surface area (Å²) in [5, 5.41) is 2.32. The van der Waals surface area contributed by atoms with E-state index >= 15 is 0 Å². The zero-order valence-corrected chi connectivity index (χ0v) is 15.4. The van der Waals surface area contributed by atoms with Crippen molar-refractivity contribution in [2.45, 2.75) is 0 Å². The van der Waals surface area contributed by atoms with Gasteiger partial charge in [0.05, 0.1) is 12.1 Å². The minimum absolute atomic E-state index is 0.145. The Hall–Kier alpha value is -3.97. The highest BCUT2D eigenvalue weighted by Crippen LogP contribution is 2.38. The Labute approximate surface area is 167 Å². The van der Waals surface area contributed by atoms with Crippen molar-refractivity contribution in [3.05, 3.63) is 90.3 Å². The van der Waals surface area contributed by atoms with Crippen molar-refractivity contribution in [1.82, 2.24) is 4.57 Å². The fourth-order valence-corrected chi connectivity index (χ4v) is 5.15. The minimum Gasteiger partial charge on any atom is -0.458 e. The largest absolute Gasteiger partial charge is 0.458 e. The molecule has 0 spiro atoms. The number of fused-ring (bicyclic) bond motifs is 7. The second-order valence-corrected chi connectivity index (χ2v) is 7.65. The van der Waals surface area contributed by atoms with E-state index in [1.165, 1.54) is 27.3 Å². The van der Waals surface area contributed by atoms with Crippen LogP contribution in [0.5, 0.6) is 11.5 Å². The number of hydrogen-bond donors (Lipinski definition) is 0. The molecule has 0 atom stereocenters. The SMILES string of the molecule is [C-]#[N+]c1ccc2c(c1)c1cccc3c1n2-c1cccc2c1B3c1ccccc1O2. The summed E-state index contributed by atoms with van der Waals surface area (Å²) in [6.45, 7) is 7.58. The molecule has 0 N–H and O–H groups in total. The van der Waals surface area contributed by atoms with E-state index in [0.717, 1.165) is 28.1 Å². The Morgan fingerprint density at radius 1 is 0.793 bits per heavy atom. The van der Waals surface area contributed by atoms with Gasteiger partial charge in [-0.1, -0.05) is 48.5 Å². The van der Waals surface area contributed by atoms with Crippen LogP contribution in [-0.4, -0.2) is 11.3 Å². The molecule has 0 fully saturated rings. The van der Waals surface area contributed by atoms with E-state index in [0.29, 0.717) is 5.69 Å². The first kappa shape index (κ1) is 15.0. The standard InChI is InChI=1S/C25H13BN2O/c1-27-15-12-13-20-17(14-15)16-6-4-8-19-25(16)28(20)21-9-5-11-23-24(21)26(19)18-7-2-3-10-22(18)29-23/h2-14H. The van der Waals surface area contributed by atoms with Crippen molar-refractivity contribution in [3.63, 3.8) is 0 Å². The summed E-state index contributed by atoms with van der Waals surface area (Å²) >= 11 is 0. The molecule has 0 saturated carbocycles. The Kier molecular flexibility index (Phi) is 2.64. The first-order chi connectivity index (χ1) is 14.3. The van der Waals surface area contributed by atoms with E-state index in [2.05, 4.69) is 70.1 Å². The number of aromatic nitrogens is 1. The average Bonchev–Trinajstić information content (AvgIpc) is 3.11. The Bertz CT molecular complexity index is 1560. The maximum Gasteiger partial charge on any atom is 0.256 e. The van der Waals surface area contributed by atoms with Crippen molar-refractivity contribution in [2.24, 2.45) is 0 Å². The van der Waals surface area contributed by atoms with Crippen molar-refractivity contribution < 1.29 is 4.74 Å². The number of hydrogen-bond acceptors (Lipinski definition) is 1. The van der Waals surface area contributed by atoms with Gasteiger partial charge in [-0.2, -0.15) is 0 Å². The van der Waals surface area contributed by atoms with Crippen LogP contribution >= 0.6 is 0 Å². The molecule has 7 rings (SSSR count). The van der Waals surface area contributed by atoms with Crippen LogP contribution in [0.15, 0.2) is 78.9 Å². The van der Waals surface area contributed by atoms with Crippen LogP contribution in [0.4, 0.5) is 5.69 Å². The summed E-state index contributed by atoms with van der Waals surface area (Å²) in [5.41, 5.74) is 7.91. The molecule has 0 amide bonds. The van der Waals surface area contributed by atoms with Crippen LogP contribution in [0.1, 0.15) is 0 Å². The zero-order valence-electron chi connectivity index (χ0n) is 15.4. The molecule has 4 aromatic carbocycles. The second kappa shape index (κ2) is 5.09. The van der Waals surface area contributed by atoms with Crippen molar-refractivity contribution in [3.8, 4) is 17.2 Å². The topological polar surface area (TPSA) is 18.5 Å². The third-order valence-electron chi connectivity index (χ3n) is 6.26. The number of rotatable bonds is 0. The Morgan fingerprint density at radius 3 is 2.55 bits per heavy atom. The highest BCUT2D eigenvalue weighted by atomic mass is 16.5. The maximum absolute atomic E-state index is 7.43. The Morgan fingerprint density at radius 2 is 1.62 bits per heavy atom. The molecule has 0 saturated heterocycles. The first-order valence-electron chi connectivity index (χ1n) is 9.70. The van der Waals surface area contributed by atoms with Gasteiger partial charge in [0, 0.05) is 16.6 Å². The molecule has 1 aromatic heterocycles. The molecule has 4 heteroatoms. The van der Waals surface area contributed by atoms with Gasteiger partial charge >= 0.3 is 0 Å². The molecule has 3 heterocycles. The molecule has 2 aliphatic rings. The van der Waals surface area contributed by atoms with Crippen LogP contribution in [-0.2, 0) is 0 Å². The van der Waals surface area contributed by atoms with E-state index < -0.39 is 0 Å². The van der Waals surface area contributed by atoms with Gasteiger partial charge < -0.3 is 9.30 Å². The lowest BCUT2D eigenvalue weighted by molar-refractivity contribution is 0.487. The highest BCUT2D eigenvalue weighted by molar-refractivity contribution is 6.99. The summed E-state index contributed by atoms with van der Waals surface area (Å²) < 4.78 is 8.65. The average molecular weight is 368 g/mol. The van der Waals surface area contributed by atoms with Gasteiger partial charge in [0.1, 0.15) is 11.5 Å². The monoisotopic (exact) mass is 368 g/mol. The molecule has 0 aliphatic carbocycles. The quantitative estimate of drug-likeness (QED) is 0.289. The molecular weight excluding hydrogens is 355 g/mol. The molecule has 0 radical (unpaired) electrons. The molecule has 0 bridgehead atoms. The fraction of sp³-hybridized carbons (Fsp3) is 0. The summed E-state index contributed by atoms with van der Waals surface area (Å²) in [6.07, 6.45) is 0. The van der Waals surface area contributed by atoms with Crippen molar-refractivity contribution in [2.75, 3.05) is 0 Å². The van der Waals surface area contributed by atoms with Crippen LogP contribution in [0.2, 0.25) is 0 Å². The summed E-state index contributed by atoms with van der Waals surface area (Å²) in [4.78, 5) is 3.65. The minimum atomic E-state index is 0.145. The fourth-order valence-electron chi connectivity index (χ4n) is 5.15. The van der Waals surface area contributed by atoms with Crippen LogP contribution < -0.4 is 21.1 Å². The summed E-state index contributed by atoms with van der Waals surface area (Å²) in [7, 11) is 0. The lowest BCUT2D eigenvalue weighted by Crippen LogP contribution is -2.58. The molecule has 5 aromatic rings. The van der Waals surface area contributed by atoms with Crippen LogP contribution in [0.25, 0.3) is 32.3 Å². The van der Waals surface area contributed by atoms with Crippen molar-refractivity contribution in [1.29, 1.82) is 0 Å². The van der Waals surface area contributed by atoms with Gasteiger partial charge in [-0.15, -0.1) is 0 Å². The van der Waals surface area contributed by atoms with E-state index in [-0.39, 0.29) is 6.71 Å². The van der Waals surface area contributed by atoms with E-state index in [9.17, 15) is 0 Å². The highest BCUT2D eigenvalue weighted by Gasteiger charge is 2.39. The molecule has 29 heavy (non-hydrogen) atoms. The number of benzene rings is 4. The third-order valence-corrected chi connectivity index (χ3v) is 6.26. The maximum atomic E-state index is 7.43. The normalized spacial score (nSPS) is 13.0. The molecule has 0 unspecified atom stereocenters. The zero-order chi connectivity index (χ0) is 19.1. The smallest absolute Gasteiger partial charge is 0.256 e. The van der Waals surface area contributed by atoms with Gasteiger partial charge in [0.2, 0.25) is 0 Å². The predicted molar refractivity (Wildman–Crippen MR) is 118 cm³/mol. The third kappa shape index (κ3) is 1.73. The number of ether oxygens (including phenoxy) is 1. The number of nitrogens with zero attached hydrogens (tertiary/aromatic N) is 2. The summed E-state index contributed by atoms with van der Waals surface area (Å²) in [5.74, 6) is 1.85. The van der Waals surface area contributed by atoms with Gasteiger partial charge in [-0.05, 0) is 52.1 Å². The van der Waals surface area contributed by atoms with Gasteiger partial charge in [0.15, 0.2) is 5.69 Å². The van der Waals surface area contributed by atoms with Crippen LogP contribution in [0.3, 0.4) is 0 Å². The Balaban J connectivity index is 1.73. The number of para-hydroxylation sites is 2. The molecule has 2 aliphatic heterocycles. The van der Waals surface area contributed by atoms with E-state index in [4.69, 9.17) is 11.3 Å². The lowest BCUT2D eigenvalue weighted by Gasteiger charge is -2.33. The van der Waals surface area contributed by atoms with E-state index in [1.807, 2.05) is 18.2 Å². The van der Waals surface area contributed by atoms with E-state index in [1.54, 1.807) is 0 Å². The van der Waals surface area contributed by atoms with Gasteiger partial charge in [-0.25, -0.2) is 4.85 Å². The first-order valence-corrected chi connectivity index (χ1v) is 9.70. The van der Waals surface area contributed by atoms with Gasteiger partial charge in [-0.3, -0.25) is 0 Å².